The smallest absolute Gasteiger partial charge is 0.339 e. The van der Waals surface area contributed by atoms with Crippen LogP contribution in [0.1, 0.15) is 11.1 Å². The number of nitro groups is 1. The molecular weight excluding hydrogens is 520 g/mol. The number of nitrogens with zero attached hydrogens (tertiary/aromatic N) is 2. The van der Waals surface area contributed by atoms with Crippen molar-refractivity contribution in [1.82, 2.24) is 4.90 Å². The van der Waals surface area contributed by atoms with Crippen LogP contribution in [0.2, 0.25) is 0 Å². The van der Waals surface area contributed by atoms with E-state index in [9.17, 15) is 28.1 Å². The number of thioether (sulfide) groups is 1. The number of ether oxygens (including phenoxy) is 1. The number of carbonyl (C=O) groups is 2. The van der Waals surface area contributed by atoms with Crippen LogP contribution < -0.4 is 8.92 Å². The van der Waals surface area contributed by atoms with E-state index in [0.29, 0.717) is 11.3 Å². The molecule has 0 aromatic heterocycles. The first-order chi connectivity index (χ1) is 17.6. The molecule has 1 aliphatic heterocycles. The molecule has 0 N–H and O–H groups in total. The number of rotatable bonds is 9. The molecule has 10 nitrogen and oxygen atoms in total. The second-order valence-electron chi connectivity index (χ2n) is 7.86. The SMILES string of the molecule is Cc1cccc(OCCN2C(=O)S/C(=C\c3ccc(OS(=O)(=O)c4cccc([N+](=O)[O-])c4)cc3)C2=O)c1. The maximum absolute atomic E-state index is 12.7. The molecule has 2 amide bonds. The van der Waals surface area contributed by atoms with Crippen LogP contribution in [0.15, 0.2) is 82.6 Å². The minimum Gasteiger partial charge on any atom is -0.492 e. The first-order valence-corrected chi connectivity index (χ1v) is 13.1. The van der Waals surface area contributed by atoms with E-state index in [2.05, 4.69) is 0 Å². The third-order valence-electron chi connectivity index (χ3n) is 5.15. The fraction of sp³-hybridized carbons (Fsp3) is 0.120. The van der Waals surface area contributed by atoms with Crippen molar-refractivity contribution >= 4 is 44.8 Å². The summed E-state index contributed by atoms with van der Waals surface area (Å²) in [5, 5.41) is 10.5. The van der Waals surface area contributed by atoms with Crippen molar-refractivity contribution in [3.63, 3.8) is 0 Å². The lowest BCUT2D eigenvalue weighted by molar-refractivity contribution is -0.385. The van der Waals surface area contributed by atoms with Gasteiger partial charge in [-0.1, -0.05) is 30.3 Å². The van der Waals surface area contributed by atoms with Crippen molar-refractivity contribution in [2.75, 3.05) is 13.2 Å². The lowest BCUT2D eigenvalue weighted by Gasteiger charge is -2.13. The van der Waals surface area contributed by atoms with Crippen molar-refractivity contribution in [2.45, 2.75) is 11.8 Å². The van der Waals surface area contributed by atoms with Gasteiger partial charge in [0.05, 0.1) is 16.4 Å². The summed E-state index contributed by atoms with van der Waals surface area (Å²) in [5.74, 6) is 0.179. The molecule has 0 radical (unpaired) electrons. The van der Waals surface area contributed by atoms with Gasteiger partial charge < -0.3 is 8.92 Å². The van der Waals surface area contributed by atoms with Gasteiger partial charge in [0, 0.05) is 12.1 Å². The number of non-ortho nitro benzene ring substituents is 1. The molecule has 1 aliphatic rings. The molecule has 3 aromatic carbocycles. The molecule has 1 saturated heterocycles. The van der Waals surface area contributed by atoms with Gasteiger partial charge in [0.15, 0.2) is 0 Å². The number of imide groups is 1. The quantitative estimate of drug-likeness (QED) is 0.163. The zero-order valence-electron chi connectivity index (χ0n) is 19.4. The average molecular weight is 541 g/mol. The highest BCUT2D eigenvalue weighted by Crippen LogP contribution is 2.32. The Morgan fingerprint density at radius 3 is 2.43 bits per heavy atom. The predicted molar refractivity (Wildman–Crippen MR) is 137 cm³/mol. The van der Waals surface area contributed by atoms with Crippen molar-refractivity contribution in [2.24, 2.45) is 0 Å². The summed E-state index contributed by atoms with van der Waals surface area (Å²) < 4.78 is 35.7. The van der Waals surface area contributed by atoms with E-state index in [1.165, 1.54) is 48.5 Å². The summed E-state index contributed by atoms with van der Waals surface area (Å²) in [6, 6.07) is 17.8. The first-order valence-electron chi connectivity index (χ1n) is 10.9. The zero-order valence-corrected chi connectivity index (χ0v) is 21.0. The summed E-state index contributed by atoms with van der Waals surface area (Å²) in [6.07, 6.45) is 1.52. The van der Waals surface area contributed by atoms with Crippen LogP contribution in [0.4, 0.5) is 10.5 Å². The highest BCUT2D eigenvalue weighted by atomic mass is 32.2. The van der Waals surface area contributed by atoms with Crippen LogP contribution in [-0.4, -0.2) is 42.5 Å². The minimum atomic E-state index is -4.30. The van der Waals surface area contributed by atoms with E-state index in [1.807, 2.05) is 25.1 Å². The van der Waals surface area contributed by atoms with Gasteiger partial charge in [-0.2, -0.15) is 8.42 Å². The van der Waals surface area contributed by atoms with Gasteiger partial charge in [0.25, 0.3) is 16.8 Å². The molecule has 1 fully saturated rings. The summed E-state index contributed by atoms with van der Waals surface area (Å²) >= 11 is 0.801. The zero-order chi connectivity index (χ0) is 26.6. The molecule has 0 atom stereocenters. The van der Waals surface area contributed by atoms with Gasteiger partial charge in [-0.25, -0.2) is 0 Å². The molecule has 4 rings (SSSR count). The van der Waals surface area contributed by atoms with Gasteiger partial charge in [-0.3, -0.25) is 24.6 Å². The number of benzene rings is 3. The number of aryl methyl sites for hydroxylation is 1. The molecular formula is C25H20N2O8S2. The maximum atomic E-state index is 12.7. The van der Waals surface area contributed by atoms with Gasteiger partial charge in [-0.05, 0) is 66.2 Å². The lowest BCUT2D eigenvalue weighted by Crippen LogP contribution is -2.32. The Kier molecular flexibility index (Phi) is 7.60. The van der Waals surface area contributed by atoms with Crippen LogP contribution in [0.25, 0.3) is 6.08 Å². The summed E-state index contributed by atoms with van der Waals surface area (Å²) in [6.45, 7) is 2.18. The molecule has 0 bridgehead atoms. The molecule has 0 saturated carbocycles. The van der Waals surface area contributed by atoms with Gasteiger partial charge in [-0.15, -0.1) is 0 Å². The van der Waals surface area contributed by atoms with Crippen LogP contribution in [0.5, 0.6) is 11.5 Å². The lowest BCUT2D eigenvalue weighted by atomic mass is 10.2. The Bertz CT molecular complexity index is 1500. The number of hydrogen-bond acceptors (Lipinski definition) is 9. The van der Waals surface area contributed by atoms with Crippen molar-refractivity contribution in [1.29, 1.82) is 0 Å². The average Bonchev–Trinajstić information content (AvgIpc) is 3.12. The topological polar surface area (TPSA) is 133 Å². The number of carbonyl (C=O) groups excluding carboxylic acids is 2. The second-order valence-corrected chi connectivity index (χ2v) is 10.4. The van der Waals surface area contributed by atoms with Crippen LogP contribution in [-0.2, 0) is 14.9 Å². The van der Waals surface area contributed by atoms with Crippen molar-refractivity contribution in [3.05, 3.63) is 98.9 Å². The molecule has 0 spiro atoms. The molecule has 3 aromatic rings. The van der Waals surface area contributed by atoms with Crippen molar-refractivity contribution < 1.29 is 31.9 Å². The highest BCUT2D eigenvalue weighted by molar-refractivity contribution is 8.18. The molecule has 1 heterocycles. The van der Waals surface area contributed by atoms with Gasteiger partial charge in [0.1, 0.15) is 23.0 Å². The number of hydrogen-bond donors (Lipinski definition) is 0. The van der Waals surface area contributed by atoms with E-state index in [0.717, 1.165) is 28.3 Å². The normalized spacial score (nSPS) is 14.7. The summed E-state index contributed by atoms with van der Waals surface area (Å²) in [4.78, 5) is 36.2. The Hall–Kier alpha value is -4.16. The predicted octanol–water partition coefficient (Wildman–Crippen LogP) is 4.79. The molecule has 0 aliphatic carbocycles. The largest absolute Gasteiger partial charge is 0.492 e. The number of nitro benzene ring substituents is 1. The Morgan fingerprint density at radius 1 is 1.00 bits per heavy atom. The second kappa shape index (κ2) is 10.8. The first kappa shape index (κ1) is 25.9. The Balaban J connectivity index is 1.39. The molecule has 190 valence electrons. The van der Waals surface area contributed by atoms with E-state index in [4.69, 9.17) is 8.92 Å². The fourth-order valence-electron chi connectivity index (χ4n) is 3.35. The monoisotopic (exact) mass is 540 g/mol. The molecule has 0 unspecified atom stereocenters. The minimum absolute atomic E-state index is 0.0231. The molecule has 12 heteroatoms. The fourth-order valence-corrected chi connectivity index (χ4v) is 5.19. The van der Waals surface area contributed by atoms with Crippen molar-refractivity contribution in [3.8, 4) is 11.5 Å². The van der Waals surface area contributed by atoms with Gasteiger partial charge >= 0.3 is 10.1 Å². The third-order valence-corrected chi connectivity index (χ3v) is 7.30. The van der Waals surface area contributed by atoms with E-state index in [1.54, 1.807) is 6.07 Å². The van der Waals surface area contributed by atoms with Crippen LogP contribution in [0.3, 0.4) is 0 Å². The highest BCUT2D eigenvalue weighted by Gasteiger charge is 2.34. The summed E-state index contributed by atoms with van der Waals surface area (Å²) in [5.41, 5.74) is 1.20. The van der Waals surface area contributed by atoms with Gasteiger partial charge in [0.2, 0.25) is 0 Å². The Morgan fingerprint density at radius 2 is 1.73 bits per heavy atom. The summed E-state index contributed by atoms with van der Waals surface area (Å²) in [7, 11) is -4.30. The molecule has 37 heavy (non-hydrogen) atoms. The van der Waals surface area contributed by atoms with Crippen LogP contribution in [0, 0.1) is 17.0 Å². The third kappa shape index (κ3) is 6.35. The van der Waals surface area contributed by atoms with E-state index >= 15 is 0 Å². The van der Waals surface area contributed by atoms with E-state index < -0.39 is 26.2 Å². The number of amides is 2. The maximum Gasteiger partial charge on any atom is 0.339 e. The van der Waals surface area contributed by atoms with Crippen LogP contribution >= 0.6 is 11.8 Å². The standard InChI is InChI=1S/C25H20N2O8S2/c1-17-4-2-6-21(14-17)34-13-12-26-24(28)23(36-25(26)29)15-18-8-10-20(11-9-18)35-37(32,33)22-7-3-5-19(16-22)27(30)31/h2-11,14-16H,12-13H2,1H3/b23-15-. The Labute approximate surface area is 216 Å². The van der Waals surface area contributed by atoms with E-state index in [-0.39, 0.29) is 34.4 Å².